The van der Waals surface area contributed by atoms with Gasteiger partial charge in [0.25, 0.3) is 5.56 Å². The van der Waals surface area contributed by atoms with E-state index in [4.69, 9.17) is 4.42 Å². The lowest BCUT2D eigenvalue weighted by atomic mass is 10.0. The van der Waals surface area contributed by atoms with Crippen LogP contribution in [0.1, 0.15) is 32.5 Å². The van der Waals surface area contributed by atoms with Gasteiger partial charge in [-0.05, 0) is 18.8 Å². The molecule has 1 fully saturated rings. The van der Waals surface area contributed by atoms with Crippen LogP contribution in [-0.2, 0) is 17.8 Å². The van der Waals surface area contributed by atoms with Gasteiger partial charge in [0.05, 0.1) is 11.8 Å². The minimum Gasteiger partial charge on any atom is -0.463 e. The summed E-state index contributed by atoms with van der Waals surface area (Å²) >= 11 is 0. The lowest BCUT2D eigenvalue weighted by molar-refractivity contribution is -0.133. The number of carbonyl (C=O) groups excluding carboxylic acids is 1. The molecule has 1 aliphatic rings. The molecular formula is C18H22N4O3. The molecule has 4 heterocycles. The Hall–Kier alpha value is -2.57. The third kappa shape index (κ3) is 2.63. The Bertz CT molecular complexity index is 997. The first-order valence-corrected chi connectivity index (χ1v) is 8.85. The number of piperidine rings is 1. The van der Waals surface area contributed by atoms with Gasteiger partial charge in [0.1, 0.15) is 17.9 Å². The van der Waals surface area contributed by atoms with Crippen molar-refractivity contribution in [1.29, 1.82) is 0 Å². The number of amides is 1. The van der Waals surface area contributed by atoms with Crippen molar-refractivity contribution >= 4 is 22.5 Å². The van der Waals surface area contributed by atoms with Gasteiger partial charge in [-0.2, -0.15) is 5.10 Å². The van der Waals surface area contributed by atoms with Crippen LogP contribution < -0.4 is 5.56 Å². The van der Waals surface area contributed by atoms with Crippen molar-refractivity contribution in [3.05, 3.63) is 34.6 Å². The molecule has 7 heteroatoms. The molecule has 1 amide bonds. The van der Waals surface area contributed by atoms with Gasteiger partial charge in [0.2, 0.25) is 5.91 Å². The van der Waals surface area contributed by atoms with E-state index in [9.17, 15) is 9.59 Å². The second-order valence-electron chi connectivity index (χ2n) is 6.85. The molecule has 3 aromatic heterocycles. The van der Waals surface area contributed by atoms with Crippen LogP contribution >= 0.6 is 0 Å². The van der Waals surface area contributed by atoms with Gasteiger partial charge in [-0.25, -0.2) is 4.68 Å². The van der Waals surface area contributed by atoms with Crippen LogP contribution in [0, 0.1) is 5.92 Å². The van der Waals surface area contributed by atoms with Crippen LogP contribution in [0.15, 0.2) is 27.6 Å². The molecule has 0 radical (unpaired) electrons. The smallest absolute Gasteiger partial charge is 0.291 e. The molecule has 4 rings (SSSR count). The minimum atomic E-state index is -0.262. The summed E-state index contributed by atoms with van der Waals surface area (Å²) in [6.45, 7) is 5.65. The number of furan rings is 1. The lowest BCUT2D eigenvalue weighted by Gasteiger charge is -2.31. The fraction of sp³-hybridized carbons (Fsp3) is 0.500. The van der Waals surface area contributed by atoms with Crippen molar-refractivity contribution in [3.8, 4) is 0 Å². The molecule has 132 valence electrons. The Morgan fingerprint density at radius 2 is 2.24 bits per heavy atom. The zero-order valence-electron chi connectivity index (χ0n) is 14.6. The summed E-state index contributed by atoms with van der Waals surface area (Å²) in [5, 5.41) is 4.45. The van der Waals surface area contributed by atoms with Crippen LogP contribution in [0.4, 0.5) is 0 Å². The quantitative estimate of drug-likeness (QED) is 0.730. The van der Waals surface area contributed by atoms with Crippen LogP contribution in [0.25, 0.3) is 16.6 Å². The topological polar surface area (TPSA) is 72.8 Å². The number of hydrogen-bond donors (Lipinski definition) is 0. The highest BCUT2D eigenvalue weighted by molar-refractivity contribution is 5.82. The molecule has 0 N–H and O–H groups in total. The zero-order valence-corrected chi connectivity index (χ0v) is 14.6. The lowest BCUT2D eigenvalue weighted by Crippen LogP contribution is -2.43. The zero-order chi connectivity index (χ0) is 17.6. The maximum Gasteiger partial charge on any atom is 0.291 e. The van der Waals surface area contributed by atoms with Crippen LogP contribution in [0.3, 0.4) is 0 Å². The molecule has 1 saturated heterocycles. The Morgan fingerprint density at radius 1 is 1.40 bits per heavy atom. The molecule has 7 nitrogen and oxygen atoms in total. The Morgan fingerprint density at radius 3 is 3.00 bits per heavy atom. The molecule has 0 bridgehead atoms. The van der Waals surface area contributed by atoms with Gasteiger partial charge < -0.3 is 9.32 Å². The SMILES string of the molecule is CCc1nn(CC(=O)N2CCCC(C)C2)c(=O)c2cc3occc3n12. The van der Waals surface area contributed by atoms with E-state index in [1.54, 1.807) is 12.3 Å². The van der Waals surface area contributed by atoms with Crippen molar-refractivity contribution in [2.75, 3.05) is 13.1 Å². The van der Waals surface area contributed by atoms with E-state index in [1.807, 2.05) is 22.3 Å². The second-order valence-corrected chi connectivity index (χ2v) is 6.85. The Kier molecular flexibility index (Phi) is 3.86. The normalized spacial score (nSPS) is 18.3. The second kappa shape index (κ2) is 6.06. The van der Waals surface area contributed by atoms with E-state index < -0.39 is 0 Å². The summed E-state index contributed by atoms with van der Waals surface area (Å²) in [6.07, 6.45) is 4.42. The van der Waals surface area contributed by atoms with E-state index in [2.05, 4.69) is 12.0 Å². The first-order chi connectivity index (χ1) is 12.1. The predicted octanol–water partition coefficient (Wildman–Crippen LogP) is 2.06. The van der Waals surface area contributed by atoms with Gasteiger partial charge in [-0.1, -0.05) is 13.8 Å². The average Bonchev–Trinajstić information content (AvgIpc) is 3.19. The Labute approximate surface area is 144 Å². The number of aromatic nitrogens is 3. The number of aryl methyl sites for hydroxylation is 1. The predicted molar refractivity (Wildman–Crippen MR) is 93.6 cm³/mol. The largest absolute Gasteiger partial charge is 0.463 e. The van der Waals surface area contributed by atoms with Crippen LogP contribution in [0.5, 0.6) is 0 Å². The maximum absolute atomic E-state index is 12.8. The molecule has 0 aromatic carbocycles. The van der Waals surface area contributed by atoms with Gasteiger partial charge in [-0.3, -0.25) is 14.0 Å². The molecule has 3 aromatic rings. The molecule has 0 saturated carbocycles. The molecule has 1 aliphatic heterocycles. The standard InChI is InChI=1S/C18H22N4O3/c1-3-16-19-21(11-17(23)20-7-4-5-12(2)10-20)18(24)14-9-15-13(22(14)16)6-8-25-15/h6,8-9,12H,3-5,7,10-11H2,1-2H3. The van der Waals surface area contributed by atoms with E-state index in [0.717, 1.165) is 37.3 Å². The van der Waals surface area contributed by atoms with E-state index in [0.29, 0.717) is 23.4 Å². The minimum absolute atomic E-state index is 0.0123. The highest BCUT2D eigenvalue weighted by atomic mass is 16.3. The van der Waals surface area contributed by atoms with E-state index in [-0.39, 0.29) is 18.0 Å². The molecule has 1 atom stereocenters. The highest BCUT2D eigenvalue weighted by Crippen LogP contribution is 2.20. The number of rotatable bonds is 3. The number of nitrogens with zero attached hydrogens (tertiary/aromatic N) is 4. The third-order valence-corrected chi connectivity index (χ3v) is 4.98. The summed E-state index contributed by atoms with van der Waals surface area (Å²) < 4.78 is 8.54. The van der Waals surface area contributed by atoms with Gasteiger partial charge >= 0.3 is 0 Å². The molecule has 0 spiro atoms. The summed E-state index contributed by atoms with van der Waals surface area (Å²) in [5.74, 6) is 1.21. The third-order valence-electron chi connectivity index (χ3n) is 4.98. The monoisotopic (exact) mass is 342 g/mol. The van der Waals surface area contributed by atoms with Crippen LogP contribution in [-0.4, -0.2) is 38.1 Å². The Balaban J connectivity index is 1.73. The first-order valence-electron chi connectivity index (χ1n) is 8.85. The van der Waals surface area contributed by atoms with Crippen molar-refractivity contribution in [2.45, 2.75) is 39.7 Å². The maximum atomic E-state index is 12.8. The number of carbonyl (C=O) groups is 1. The van der Waals surface area contributed by atoms with Crippen molar-refractivity contribution in [2.24, 2.45) is 5.92 Å². The summed E-state index contributed by atoms with van der Waals surface area (Å²) in [7, 11) is 0. The average molecular weight is 342 g/mol. The van der Waals surface area contributed by atoms with Crippen molar-refractivity contribution in [1.82, 2.24) is 19.1 Å². The number of fused-ring (bicyclic) bond motifs is 3. The highest BCUT2D eigenvalue weighted by Gasteiger charge is 2.23. The summed E-state index contributed by atoms with van der Waals surface area (Å²) in [6, 6.07) is 3.55. The fourth-order valence-electron chi connectivity index (χ4n) is 3.70. The van der Waals surface area contributed by atoms with E-state index >= 15 is 0 Å². The van der Waals surface area contributed by atoms with Gasteiger partial charge in [0.15, 0.2) is 5.58 Å². The fourth-order valence-corrected chi connectivity index (χ4v) is 3.70. The van der Waals surface area contributed by atoms with Crippen molar-refractivity contribution in [3.63, 3.8) is 0 Å². The number of likely N-dealkylation sites (tertiary alicyclic amines) is 1. The van der Waals surface area contributed by atoms with Gasteiger partial charge in [0, 0.05) is 31.6 Å². The van der Waals surface area contributed by atoms with Crippen molar-refractivity contribution < 1.29 is 9.21 Å². The molecule has 1 unspecified atom stereocenters. The molecule has 0 aliphatic carbocycles. The summed E-state index contributed by atoms with van der Waals surface area (Å²) in [4.78, 5) is 27.3. The summed E-state index contributed by atoms with van der Waals surface area (Å²) in [5.41, 5.74) is 1.73. The molecule has 25 heavy (non-hydrogen) atoms. The van der Waals surface area contributed by atoms with Crippen LogP contribution in [0.2, 0.25) is 0 Å². The van der Waals surface area contributed by atoms with Gasteiger partial charge in [-0.15, -0.1) is 0 Å². The number of hydrogen-bond acceptors (Lipinski definition) is 4. The molecular weight excluding hydrogens is 320 g/mol. The van der Waals surface area contributed by atoms with E-state index in [1.165, 1.54) is 4.68 Å². The first kappa shape index (κ1) is 15.9.